The minimum Gasteiger partial charge on any atom is -0.502 e. The molecule has 8 heteroatoms. The van der Waals surface area contributed by atoms with E-state index < -0.39 is 27.0 Å². The van der Waals surface area contributed by atoms with Gasteiger partial charge in [-0.15, -0.1) is 0 Å². The van der Waals surface area contributed by atoms with Crippen molar-refractivity contribution in [1.29, 1.82) is 0 Å². The zero-order chi connectivity index (χ0) is 11.6. The summed E-state index contributed by atoms with van der Waals surface area (Å²) < 4.78 is 0. The van der Waals surface area contributed by atoms with Crippen LogP contribution in [0.3, 0.4) is 0 Å². The molecule has 1 rings (SSSR count). The molecule has 0 amide bonds. The molecule has 0 heterocycles. The van der Waals surface area contributed by atoms with E-state index in [2.05, 4.69) is 0 Å². The summed E-state index contributed by atoms with van der Waals surface area (Å²) in [6.45, 7) is 0. The van der Waals surface area contributed by atoms with E-state index >= 15 is 0 Å². The maximum absolute atomic E-state index is 10.4. The van der Waals surface area contributed by atoms with E-state index in [9.17, 15) is 25.0 Å². The molecule has 0 aliphatic carbocycles. The fourth-order valence-corrected chi connectivity index (χ4v) is 1.02. The van der Waals surface area contributed by atoms with Crippen LogP contribution in [0.4, 0.5) is 11.4 Å². The second-order valence-electron chi connectivity index (χ2n) is 2.54. The zero-order valence-electron chi connectivity index (χ0n) is 7.11. The van der Waals surface area contributed by atoms with Crippen LogP contribution in [0.2, 0.25) is 0 Å². The Balaban J connectivity index is 3.56. The highest BCUT2D eigenvalue weighted by molar-refractivity contribution is 5.80. The minimum atomic E-state index is -1.08. The predicted octanol–water partition coefficient (Wildman–Crippen LogP) is 1.02. The largest absolute Gasteiger partial charge is 0.502 e. The maximum Gasteiger partial charge on any atom is 0.387 e. The van der Waals surface area contributed by atoms with E-state index in [1.165, 1.54) is 0 Å². The van der Waals surface area contributed by atoms with Gasteiger partial charge >= 0.3 is 11.4 Å². The maximum atomic E-state index is 10.4. The number of nitro benzene ring substituents is 2. The normalized spacial score (nSPS) is 9.60. The quantitative estimate of drug-likeness (QED) is 0.453. The van der Waals surface area contributed by atoms with E-state index in [4.69, 9.17) is 5.11 Å². The van der Waals surface area contributed by atoms with Crippen LogP contribution in [-0.2, 0) is 0 Å². The molecule has 0 aliphatic rings. The number of aldehydes is 1. The van der Waals surface area contributed by atoms with Gasteiger partial charge in [0.2, 0.25) is 5.75 Å². The van der Waals surface area contributed by atoms with Crippen molar-refractivity contribution in [3.05, 3.63) is 37.9 Å². The van der Waals surface area contributed by atoms with Gasteiger partial charge in [0, 0.05) is 11.6 Å². The lowest BCUT2D eigenvalue weighted by Crippen LogP contribution is -1.98. The van der Waals surface area contributed by atoms with Gasteiger partial charge < -0.3 is 5.11 Å². The molecule has 0 unspecified atom stereocenters. The summed E-state index contributed by atoms with van der Waals surface area (Å²) in [6.07, 6.45) is 0.246. The smallest absolute Gasteiger partial charge is 0.387 e. The molecule has 0 aliphatic heterocycles. The van der Waals surface area contributed by atoms with Gasteiger partial charge in [0.15, 0.2) is 0 Å². The molecule has 1 aromatic rings. The lowest BCUT2D eigenvalue weighted by Gasteiger charge is -1.98. The Labute approximate surface area is 82.1 Å². The molecule has 0 bridgehead atoms. The lowest BCUT2D eigenvalue weighted by atomic mass is 10.1. The van der Waals surface area contributed by atoms with Crippen LogP contribution in [0.15, 0.2) is 12.1 Å². The van der Waals surface area contributed by atoms with Gasteiger partial charge in [0.05, 0.1) is 9.85 Å². The zero-order valence-corrected chi connectivity index (χ0v) is 7.11. The highest BCUT2D eigenvalue weighted by Crippen LogP contribution is 2.36. The number of rotatable bonds is 3. The molecule has 15 heavy (non-hydrogen) atoms. The number of hydrogen-bond donors (Lipinski definition) is 1. The number of phenols is 1. The molecular weight excluding hydrogens is 208 g/mol. The highest BCUT2D eigenvalue weighted by Gasteiger charge is 2.29. The summed E-state index contributed by atoms with van der Waals surface area (Å²) in [5, 5.41) is 29.9. The van der Waals surface area contributed by atoms with Crippen LogP contribution in [-0.4, -0.2) is 21.2 Å². The number of nitrogens with zero attached hydrogens (tertiary/aromatic N) is 2. The Morgan fingerprint density at radius 2 is 1.80 bits per heavy atom. The molecule has 0 aromatic heterocycles. The molecule has 0 spiro atoms. The van der Waals surface area contributed by atoms with E-state index in [1.54, 1.807) is 0 Å². The Hall–Kier alpha value is -2.51. The topological polar surface area (TPSA) is 124 Å². The molecule has 0 fully saturated rings. The first-order chi connectivity index (χ1) is 6.97. The first-order valence-corrected chi connectivity index (χ1v) is 3.58. The van der Waals surface area contributed by atoms with Crippen molar-refractivity contribution in [2.24, 2.45) is 0 Å². The van der Waals surface area contributed by atoms with Crippen molar-refractivity contribution in [2.45, 2.75) is 0 Å². The predicted molar refractivity (Wildman–Crippen MR) is 46.8 cm³/mol. The van der Waals surface area contributed by atoms with Gasteiger partial charge in [-0.05, 0) is 6.07 Å². The fourth-order valence-electron chi connectivity index (χ4n) is 1.02. The van der Waals surface area contributed by atoms with E-state index in [-0.39, 0.29) is 11.8 Å². The Morgan fingerprint density at radius 1 is 1.20 bits per heavy atom. The number of hydrogen-bond acceptors (Lipinski definition) is 6. The summed E-state index contributed by atoms with van der Waals surface area (Å²) in [7, 11) is 0. The van der Waals surface area contributed by atoms with Crippen molar-refractivity contribution in [3.8, 4) is 5.75 Å². The summed E-state index contributed by atoms with van der Waals surface area (Å²) in [5.41, 5.74) is -2.14. The second kappa shape index (κ2) is 3.70. The van der Waals surface area contributed by atoms with Gasteiger partial charge in [-0.25, -0.2) is 0 Å². The van der Waals surface area contributed by atoms with Gasteiger partial charge in [-0.3, -0.25) is 25.0 Å². The van der Waals surface area contributed by atoms with Crippen LogP contribution >= 0.6 is 0 Å². The number of benzene rings is 1. The Bertz CT molecular complexity index is 455. The van der Waals surface area contributed by atoms with Gasteiger partial charge in [0.1, 0.15) is 6.29 Å². The van der Waals surface area contributed by atoms with E-state index in [0.29, 0.717) is 0 Å². The molecule has 78 valence electrons. The number of carbonyl (C=O) groups excluding carboxylic acids is 1. The van der Waals surface area contributed by atoms with E-state index in [1.807, 2.05) is 0 Å². The summed E-state index contributed by atoms with van der Waals surface area (Å²) >= 11 is 0. The standard InChI is InChI=1S/C7H4N2O6/c10-3-4-1-5(8(12)13)7(9(14)15)6(11)2-4/h1-3,11H. The molecule has 0 saturated heterocycles. The van der Waals surface area contributed by atoms with Crippen LogP contribution in [0.1, 0.15) is 10.4 Å². The number of aromatic hydroxyl groups is 1. The fraction of sp³-hybridized carbons (Fsp3) is 0. The summed E-state index contributed by atoms with van der Waals surface area (Å²) in [5.74, 6) is -0.906. The van der Waals surface area contributed by atoms with Gasteiger partial charge in [0.25, 0.3) is 0 Å². The van der Waals surface area contributed by atoms with Crippen molar-refractivity contribution in [1.82, 2.24) is 0 Å². The summed E-state index contributed by atoms with van der Waals surface area (Å²) in [4.78, 5) is 29.0. The monoisotopic (exact) mass is 212 g/mol. The SMILES string of the molecule is O=Cc1cc(O)c([N+](=O)[O-])c([N+](=O)[O-])c1. The molecule has 0 saturated carbocycles. The molecule has 8 nitrogen and oxygen atoms in total. The first kappa shape index (κ1) is 10.6. The average Bonchev–Trinajstić information content (AvgIpc) is 2.15. The summed E-state index contributed by atoms with van der Waals surface area (Å²) in [6, 6.07) is 1.52. The third kappa shape index (κ3) is 1.88. The molecular formula is C7H4N2O6. The van der Waals surface area contributed by atoms with Crippen LogP contribution < -0.4 is 0 Å². The van der Waals surface area contributed by atoms with Crippen LogP contribution in [0, 0.1) is 20.2 Å². The van der Waals surface area contributed by atoms with Crippen molar-refractivity contribution in [3.63, 3.8) is 0 Å². The first-order valence-electron chi connectivity index (χ1n) is 3.58. The molecule has 0 atom stereocenters. The number of carbonyl (C=O) groups is 1. The van der Waals surface area contributed by atoms with Crippen molar-refractivity contribution in [2.75, 3.05) is 0 Å². The van der Waals surface area contributed by atoms with Crippen LogP contribution in [0.5, 0.6) is 5.75 Å². The Morgan fingerprint density at radius 3 is 2.20 bits per heavy atom. The third-order valence-electron chi connectivity index (χ3n) is 1.61. The van der Waals surface area contributed by atoms with Crippen LogP contribution in [0.25, 0.3) is 0 Å². The average molecular weight is 212 g/mol. The van der Waals surface area contributed by atoms with E-state index in [0.717, 1.165) is 12.1 Å². The van der Waals surface area contributed by atoms with Crippen molar-refractivity contribution >= 4 is 17.7 Å². The molecule has 1 N–H and O–H groups in total. The molecule has 0 radical (unpaired) electrons. The highest BCUT2D eigenvalue weighted by atomic mass is 16.6. The second-order valence-corrected chi connectivity index (χ2v) is 2.54. The minimum absolute atomic E-state index is 0.204. The van der Waals surface area contributed by atoms with Gasteiger partial charge in [-0.2, -0.15) is 0 Å². The number of phenolic OH excluding ortho intramolecular Hbond substituents is 1. The lowest BCUT2D eigenvalue weighted by molar-refractivity contribution is -0.423. The van der Waals surface area contributed by atoms with Crippen molar-refractivity contribution < 1.29 is 19.7 Å². The number of nitro groups is 2. The third-order valence-corrected chi connectivity index (χ3v) is 1.61. The Kier molecular flexibility index (Phi) is 2.61. The molecule has 1 aromatic carbocycles. The van der Waals surface area contributed by atoms with Gasteiger partial charge in [-0.1, -0.05) is 0 Å².